The number of hydrogen-bond donors (Lipinski definition) is 3. The van der Waals surface area contributed by atoms with Crippen molar-refractivity contribution in [1.29, 1.82) is 0 Å². The van der Waals surface area contributed by atoms with Crippen molar-refractivity contribution in [2.75, 3.05) is 35.4 Å². The van der Waals surface area contributed by atoms with E-state index in [0.717, 1.165) is 0 Å². The van der Waals surface area contributed by atoms with Gasteiger partial charge < -0.3 is 58.2 Å². The van der Waals surface area contributed by atoms with Gasteiger partial charge in [0, 0.05) is 50.4 Å². The minimum Gasteiger partial charge on any atom is -0.459 e. The third-order valence-corrected chi connectivity index (χ3v) is 13.1. The molecular formula is C40H74N2O12. The maximum Gasteiger partial charge on any atom is 0.311 e. The molecule has 3 saturated heterocycles. The summed E-state index contributed by atoms with van der Waals surface area (Å²) < 4.78 is 45.2. The first kappa shape index (κ1) is 46.9. The fourth-order valence-electron chi connectivity index (χ4n) is 9.05. The molecule has 14 heteroatoms. The summed E-state index contributed by atoms with van der Waals surface area (Å²) in [4.78, 5) is 21.6. The summed E-state index contributed by atoms with van der Waals surface area (Å²) in [6, 6.07) is -0.242. The van der Waals surface area contributed by atoms with Gasteiger partial charge in [0.05, 0.1) is 53.4 Å². The predicted octanol–water partition coefficient (Wildman–Crippen LogP) is 4.15. The summed E-state index contributed by atoms with van der Waals surface area (Å²) in [6.45, 7) is 20.6. The number of oxime groups is 1. The summed E-state index contributed by atoms with van der Waals surface area (Å²) in [5.41, 5.74) is -3.08. The molecule has 0 saturated carbocycles. The maximum absolute atomic E-state index is 14.3. The van der Waals surface area contributed by atoms with Gasteiger partial charge in [-0.15, -0.1) is 0 Å². The number of hydrogen-bond acceptors (Lipinski definition) is 14. The predicted molar refractivity (Wildman–Crippen MR) is 204 cm³/mol. The fraction of sp³-hybridized carbons (Fsp3) is 0.950. The molecule has 3 N–H and O–H groups in total. The molecule has 0 aliphatic carbocycles. The van der Waals surface area contributed by atoms with Crippen LogP contribution in [-0.2, 0) is 42.8 Å². The Balaban J connectivity index is 2.27. The molecule has 0 aromatic rings. The lowest BCUT2D eigenvalue weighted by Crippen LogP contribution is -2.61. The number of carbonyl (C=O) groups excluding carboxylic acids is 1. The summed E-state index contributed by atoms with van der Waals surface area (Å²) in [7, 11) is 8.53. The third-order valence-electron chi connectivity index (χ3n) is 13.1. The van der Waals surface area contributed by atoms with Gasteiger partial charge >= 0.3 is 5.97 Å². The number of rotatable bonds is 9. The standard InChI is InChI=1S/C40H74N2O12/c1-17-29-40(11,46)34(44)23(4)31(41-49-16)21(2)19-39(10,48-15)35(54-37-32(43)28(42(12)13)18-22(3)50-37)24(5)33(25(6)36(45)52-29)53-30-20-38(9,47-14)26(7)27(8)51-30/h21-30,32-35,37,43-44,46H,17-20H2,1-16H3/t21-,22-,23+,24+,25-,26+,27+,28?,29-,30?,32?,33?,34?,35?,37?,38-,39+,40-/m1/s1. The molecule has 14 nitrogen and oxygen atoms in total. The second-order valence-corrected chi connectivity index (χ2v) is 17.3. The molecule has 3 fully saturated rings. The van der Waals surface area contributed by atoms with Crippen molar-refractivity contribution >= 4 is 11.7 Å². The van der Waals surface area contributed by atoms with E-state index in [0.29, 0.717) is 25.0 Å². The van der Waals surface area contributed by atoms with Gasteiger partial charge in [-0.2, -0.15) is 0 Å². The first-order chi connectivity index (χ1) is 25.0. The van der Waals surface area contributed by atoms with Crippen molar-refractivity contribution in [3.05, 3.63) is 0 Å². The van der Waals surface area contributed by atoms with Crippen molar-refractivity contribution in [2.24, 2.45) is 34.7 Å². The van der Waals surface area contributed by atoms with Crippen LogP contribution < -0.4 is 0 Å². The Morgan fingerprint density at radius 1 is 0.889 bits per heavy atom. The van der Waals surface area contributed by atoms with E-state index in [1.165, 1.54) is 14.0 Å². The fourth-order valence-corrected chi connectivity index (χ4v) is 9.05. The van der Waals surface area contributed by atoms with Gasteiger partial charge in [0.2, 0.25) is 0 Å². The van der Waals surface area contributed by atoms with E-state index in [4.69, 9.17) is 38.0 Å². The summed E-state index contributed by atoms with van der Waals surface area (Å²) >= 11 is 0. The minimum absolute atomic E-state index is 0.0569. The van der Waals surface area contributed by atoms with Crippen LogP contribution in [-0.4, -0.2) is 145 Å². The molecule has 54 heavy (non-hydrogen) atoms. The number of aliphatic hydroxyl groups is 3. The van der Waals surface area contributed by atoms with Crippen LogP contribution in [0.3, 0.4) is 0 Å². The van der Waals surface area contributed by atoms with Gasteiger partial charge in [-0.05, 0) is 74.9 Å². The zero-order chi connectivity index (χ0) is 41.1. The zero-order valence-electron chi connectivity index (χ0n) is 35.9. The first-order valence-corrected chi connectivity index (χ1v) is 19.8. The van der Waals surface area contributed by atoms with Crippen LogP contribution in [0.15, 0.2) is 5.16 Å². The lowest BCUT2D eigenvalue weighted by Gasteiger charge is -2.50. The van der Waals surface area contributed by atoms with Crippen LogP contribution in [0.25, 0.3) is 0 Å². The smallest absolute Gasteiger partial charge is 0.311 e. The number of methoxy groups -OCH3 is 2. The number of likely N-dealkylation sites (N-methyl/N-ethyl adjacent to an activating group) is 1. The van der Waals surface area contributed by atoms with E-state index in [1.807, 2.05) is 60.5 Å². The second-order valence-electron chi connectivity index (χ2n) is 17.3. The molecule has 18 atom stereocenters. The van der Waals surface area contributed by atoms with Crippen LogP contribution in [0.2, 0.25) is 0 Å². The largest absolute Gasteiger partial charge is 0.459 e. The highest BCUT2D eigenvalue weighted by Crippen LogP contribution is 2.43. The Kier molecular flexibility index (Phi) is 16.4. The number of aliphatic hydroxyl groups excluding tert-OH is 2. The van der Waals surface area contributed by atoms with Crippen LogP contribution >= 0.6 is 0 Å². The van der Waals surface area contributed by atoms with Crippen molar-refractivity contribution in [3.8, 4) is 0 Å². The monoisotopic (exact) mass is 775 g/mol. The maximum atomic E-state index is 14.3. The Morgan fingerprint density at radius 3 is 2.04 bits per heavy atom. The summed E-state index contributed by atoms with van der Waals surface area (Å²) in [5.74, 6) is -3.21. The van der Waals surface area contributed by atoms with E-state index >= 15 is 0 Å². The Morgan fingerprint density at radius 2 is 1.50 bits per heavy atom. The average Bonchev–Trinajstić information content (AvgIpc) is 3.11. The van der Waals surface area contributed by atoms with Crippen molar-refractivity contribution in [3.63, 3.8) is 0 Å². The molecular weight excluding hydrogens is 700 g/mol. The van der Waals surface area contributed by atoms with E-state index in [-0.39, 0.29) is 36.5 Å². The number of ether oxygens (including phenoxy) is 7. The molecule has 316 valence electrons. The summed E-state index contributed by atoms with van der Waals surface area (Å²) in [5, 5.41) is 39.7. The van der Waals surface area contributed by atoms with Gasteiger partial charge in [0.15, 0.2) is 12.6 Å². The van der Waals surface area contributed by atoms with Crippen LogP contribution in [0.5, 0.6) is 0 Å². The molecule has 3 aliphatic rings. The highest BCUT2D eigenvalue weighted by atomic mass is 16.7. The van der Waals surface area contributed by atoms with Crippen LogP contribution in [0, 0.1) is 29.6 Å². The van der Waals surface area contributed by atoms with E-state index < -0.39 is 83.6 Å². The highest BCUT2D eigenvalue weighted by molar-refractivity contribution is 5.88. The minimum atomic E-state index is -1.85. The van der Waals surface area contributed by atoms with Gasteiger partial charge in [-0.3, -0.25) is 4.79 Å². The molecule has 3 rings (SSSR count). The van der Waals surface area contributed by atoms with Crippen molar-refractivity contribution < 1.29 is 58.1 Å². The van der Waals surface area contributed by atoms with Crippen molar-refractivity contribution in [1.82, 2.24) is 4.90 Å². The second kappa shape index (κ2) is 18.9. The van der Waals surface area contributed by atoms with E-state index in [9.17, 15) is 20.1 Å². The molecule has 0 spiro atoms. The van der Waals surface area contributed by atoms with E-state index in [2.05, 4.69) is 12.1 Å². The van der Waals surface area contributed by atoms with Gasteiger partial charge in [-0.25, -0.2) is 0 Å². The molecule has 0 bridgehead atoms. The molecule has 7 unspecified atom stereocenters. The number of nitrogens with zero attached hydrogens (tertiary/aromatic N) is 2. The Bertz CT molecular complexity index is 1240. The number of carbonyl (C=O) groups is 1. The van der Waals surface area contributed by atoms with Gasteiger partial charge in [0.1, 0.15) is 24.9 Å². The van der Waals surface area contributed by atoms with Crippen LogP contribution in [0.4, 0.5) is 0 Å². The lowest BCUT2D eigenvalue weighted by molar-refractivity contribution is -0.315. The summed E-state index contributed by atoms with van der Waals surface area (Å²) in [6.07, 6.45) is -5.95. The van der Waals surface area contributed by atoms with E-state index in [1.54, 1.807) is 35.0 Å². The Hall–Kier alpha value is -1.46. The van der Waals surface area contributed by atoms with Crippen LogP contribution in [0.1, 0.15) is 102 Å². The normalized spacial score (nSPS) is 48.3. The molecule has 0 amide bonds. The third kappa shape index (κ3) is 9.97. The molecule has 0 aromatic heterocycles. The SMILES string of the molecule is CC[C@H]1OC(=O)[C@H](C)C(OC2C[C@@](C)(OC)[C@@H](C)[C@H](C)O2)[C@H](C)C(OC2O[C@H](C)CC(N(C)C)C2O)[C@@](C)(OC)C[C@@H](C)C(=NOC)[C@H](C)C(O)[C@]1(C)O. The molecule has 0 radical (unpaired) electrons. The average molecular weight is 775 g/mol. The van der Waals surface area contributed by atoms with Gasteiger partial charge in [-0.1, -0.05) is 39.8 Å². The first-order valence-electron chi connectivity index (χ1n) is 19.8. The quantitative estimate of drug-likeness (QED) is 0.226. The zero-order valence-corrected chi connectivity index (χ0v) is 35.9. The number of cyclic esters (lactones) is 1. The topological polar surface area (TPSA) is 167 Å². The Labute approximate surface area is 324 Å². The van der Waals surface area contributed by atoms with Crippen molar-refractivity contribution in [2.45, 2.75) is 180 Å². The molecule has 3 heterocycles. The lowest BCUT2D eigenvalue weighted by atomic mass is 9.73. The number of esters is 1. The highest BCUT2D eigenvalue weighted by Gasteiger charge is 2.53. The van der Waals surface area contributed by atoms with Gasteiger partial charge in [0.25, 0.3) is 0 Å². The molecule has 3 aliphatic heterocycles. The molecule has 0 aromatic carbocycles.